The van der Waals surface area contributed by atoms with Gasteiger partial charge in [0.2, 0.25) is 0 Å². The van der Waals surface area contributed by atoms with E-state index < -0.39 is 0 Å². The third-order valence-electron chi connectivity index (χ3n) is 6.27. The number of nitrogens with zero attached hydrogens (tertiary/aromatic N) is 2. The number of likely N-dealkylation sites (N-methyl/N-ethyl adjacent to an activating group) is 1. The molecule has 1 aliphatic carbocycles. The molecule has 0 radical (unpaired) electrons. The van der Waals surface area contributed by atoms with Crippen molar-refractivity contribution in [2.24, 2.45) is 0 Å². The van der Waals surface area contributed by atoms with Gasteiger partial charge in [-0.2, -0.15) is 0 Å². The fourth-order valence-corrected chi connectivity index (χ4v) is 4.72. The van der Waals surface area contributed by atoms with Crippen molar-refractivity contribution in [3.05, 3.63) is 52.5 Å². The smallest absolute Gasteiger partial charge is 0.138 e. The first-order valence-electron chi connectivity index (χ1n) is 9.61. The predicted octanol–water partition coefficient (Wildman–Crippen LogP) is 4.28. The maximum Gasteiger partial charge on any atom is 0.138 e. The van der Waals surface area contributed by atoms with Crippen molar-refractivity contribution >= 4 is 21.6 Å². The van der Waals surface area contributed by atoms with Crippen molar-refractivity contribution in [1.29, 1.82) is 0 Å². The molecule has 1 heterocycles. The molecule has 2 fully saturated rings. The van der Waals surface area contributed by atoms with Gasteiger partial charge < -0.3 is 9.47 Å². The minimum atomic E-state index is 0.657. The lowest BCUT2D eigenvalue weighted by Crippen LogP contribution is -2.58. The van der Waals surface area contributed by atoms with Gasteiger partial charge in [-0.25, -0.2) is 0 Å². The highest BCUT2D eigenvalue weighted by atomic mass is 79.9. The van der Waals surface area contributed by atoms with E-state index in [1.165, 1.54) is 17.7 Å². The van der Waals surface area contributed by atoms with E-state index >= 15 is 0 Å². The molecule has 5 heteroatoms. The van der Waals surface area contributed by atoms with Crippen molar-refractivity contribution < 1.29 is 9.47 Å². The lowest BCUT2D eigenvalue weighted by atomic mass is 10.1. The van der Waals surface area contributed by atoms with Gasteiger partial charge in [-0.1, -0.05) is 12.1 Å². The molecule has 27 heavy (non-hydrogen) atoms. The minimum absolute atomic E-state index is 0.657. The zero-order valence-electron chi connectivity index (χ0n) is 16.3. The van der Waals surface area contributed by atoms with E-state index in [2.05, 4.69) is 64.3 Å². The minimum Gasteiger partial charge on any atom is -0.497 e. The summed E-state index contributed by atoms with van der Waals surface area (Å²) in [7, 11) is 5.81. The molecular weight excluding hydrogens is 404 g/mol. The fraction of sp³-hybridized carbons (Fsp3) is 0.455. The van der Waals surface area contributed by atoms with Gasteiger partial charge in [-0.15, -0.1) is 0 Å². The molecule has 0 aromatic heterocycles. The lowest BCUT2D eigenvalue weighted by Gasteiger charge is -2.42. The van der Waals surface area contributed by atoms with Crippen LogP contribution in [0.5, 0.6) is 11.5 Å². The van der Waals surface area contributed by atoms with Gasteiger partial charge in [0.25, 0.3) is 0 Å². The van der Waals surface area contributed by atoms with Gasteiger partial charge in [0, 0.05) is 37.2 Å². The molecule has 1 saturated carbocycles. The summed E-state index contributed by atoms with van der Waals surface area (Å²) >= 11 is 3.56. The fourth-order valence-electron chi connectivity index (χ4n) is 4.31. The van der Waals surface area contributed by atoms with Gasteiger partial charge in [0.15, 0.2) is 0 Å². The molecule has 4 rings (SSSR count). The topological polar surface area (TPSA) is 21.7 Å². The third kappa shape index (κ3) is 3.73. The van der Waals surface area contributed by atoms with Crippen molar-refractivity contribution in [2.75, 3.05) is 47.4 Å². The Balaban J connectivity index is 1.40. The summed E-state index contributed by atoms with van der Waals surface area (Å²) in [5.41, 5.74) is 2.75. The first-order valence-corrected chi connectivity index (χ1v) is 10.4. The highest BCUT2D eigenvalue weighted by Gasteiger charge is 2.45. The zero-order valence-corrected chi connectivity index (χ0v) is 17.9. The van der Waals surface area contributed by atoms with Crippen LogP contribution < -0.4 is 14.0 Å². The monoisotopic (exact) mass is 431 g/mol. The largest absolute Gasteiger partial charge is 0.497 e. The summed E-state index contributed by atoms with van der Waals surface area (Å²) in [6.07, 6.45) is 1.27. The van der Waals surface area contributed by atoms with E-state index in [-0.39, 0.29) is 0 Å². The van der Waals surface area contributed by atoms with Gasteiger partial charge in [0.05, 0.1) is 38.8 Å². The average Bonchev–Trinajstić information content (AvgIpc) is 3.50. The van der Waals surface area contributed by atoms with Crippen molar-refractivity contribution in [2.45, 2.75) is 18.4 Å². The molecule has 1 aliphatic heterocycles. The van der Waals surface area contributed by atoms with E-state index in [4.69, 9.17) is 9.47 Å². The normalized spacial score (nSPS) is 24.4. The van der Waals surface area contributed by atoms with Crippen molar-refractivity contribution in [1.82, 2.24) is 9.38 Å². The Morgan fingerprint density at radius 1 is 1.04 bits per heavy atom. The Morgan fingerprint density at radius 3 is 2.52 bits per heavy atom. The zero-order chi connectivity index (χ0) is 19.0. The molecule has 0 bridgehead atoms. The molecule has 144 valence electrons. The Bertz CT molecular complexity index is 818. The molecule has 0 amide bonds. The first-order chi connectivity index (χ1) is 13.0. The summed E-state index contributed by atoms with van der Waals surface area (Å²) in [5.74, 6) is 2.53. The average molecular weight is 432 g/mol. The van der Waals surface area contributed by atoms with E-state index in [1.807, 2.05) is 6.07 Å². The number of rotatable bonds is 5. The van der Waals surface area contributed by atoms with Gasteiger partial charge in [-0.05, 0) is 46.1 Å². The number of benzene rings is 2. The van der Waals surface area contributed by atoms with Gasteiger partial charge >= 0.3 is 0 Å². The highest BCUT2D eigenvalue weighted by Crippen LogP contribution is 2.46. The Kier molecular flexibility index (Phi) is 5.19. The Labute approximate surface area is 170 Å². The molecule has 1 saturated heterocycles. The summed E-state index contributed by atoms with van der Waals surface area (Å²) < 4.78 is 12.9. The van der Waals surface area contributed by atoms with Crippen LogP contribution in [0, 0.1) is 0 Å². The SMILES string of the molecule is COc1cccc([C@@H]2C[C@H]2N2CC[N+](C)(c3ccc(Br)c(OC)c3)CC2)c1. The summed E-state index contributed by atoms with van der Waals surface area (Å²) in [5, 5.41) is 0. The Morgan fingerprint density at radius 2 is 1.81 bits per heavy atom. The van der Waals surface area contributed by atoms with Crippen LogP contribution >= 0.6 is 15.9 Å². The number of halogens is 1. The number of ether oxygens (including phenoxy) is 2. The number of quaternary nitrogens is 1. The quantitative estimate of drug-likeness (QED) is 0.659. The molecule has 2 aliphatic rings. The maximum absolute atomic E-state index is 5.50. The van der Waals surface area contributed by atoms with Crippen molar-refractivity contribution in [3.8, 4) is 11.5 Å². The van der Waals surface area contributed by atoms with E-state index in [0.717, 1.165) is 46.6 Å². The molecule has 0 unspecified atom stereocenters. The van der Waals surface area contributed by atoms with Gasteiger partial charge in [-0.3, -0.25) is 9.38 Å². The van der Waals surface area contributed by atoms with Crippen LogP contribution in [0.4, 0.5) is 5.69 Å². The standard InChI is InChI=1S/C22H28BrN2O2/c1-25(17-7-8-20(23)22(14-17)27-3)11-9-24(10-12-25)21-15-19(21)16-5-4-6-18(13-16)26-2/h4-8,13-14,19,21H,9-12,15H2,1-3H3/q+1/t19-,21+/m0/s1. The van der Waals surface area contributed by atoms with E-state index in [9.17, 15) is 0 Å². The van der Waals surface area contributed by atoms with Crippen LogP contribution in [0.25, 0.3) is 0 Å². The second kappa shape index (κ2) is 7.46. The number of methoxy groups -OCH3 is 2. The van der Waals surface area contributed by atoms with E-state index in [0.29, 0.717) is 12.0 Å². The van der Waals surface area contributed by atoms with Crippen LogP contribution in [0.3, 0.4) is 0 Å². The molecule has 2 aromatic carbocycles. The highest BCUT2D eigenvalue weighted by molar-refractivity contribution is 9.10. The molecule has 2 atom stereocenters. The first kappa shape index (κ1) is 18.8. The Hall–Kier alpha value is -1.56. The summed E-state index contributed by atoms with van der Waals surface area (Å²) in [6, 6.07) is 15.8. The van der Waals surface area contributed by atoms with Crippen LogP contribution in [0.1, 0.15) is 17.9 Å². The predicted molar refractivity (Wildman–Crippen MR) is 114 cm³/mol. The second-order valence-electron chi connectivity index (χ2n) is 7.88. The molecule has 2 aromatic rings. The maximum atomic E-state index is 5.50. The summed E-state index contributed by atoms with van der Waals surface area (Å²) in [4.78, 5) is 2.68. The number of hydrogen-bond acceptors (Lipinski definition) is 3. The molecular formula is C22H28BrN2O2+. The lowest BCUT2D eigenvalue weighted by molar-refractivity contribution is 0.147. The van der Waals surface area contributed by atoms with E-state index in [1.54, 1.807) is 14.2 Å². The van der Waals surface area contributed by atoms with Crippen LogP contribution in [-0.2, 0) is 0 Å². The number of hydrogen-bond donors (Lipinski definition) is 0. The second-order valence-corrected chi connectivity index (χ2v) is 8.74. The van der Waals surface area contributed by atoms with Crippen molar-refractivity contribution in [3.63, 3.8) is 0 Å². The number of piperazine rings is 1. The van der Waals surface area contributed by atoms with Crippen LogP contribution in [0.2, 0.25) is 0 Å². The molecule has 0 spiro atoms. The van der Waals surface area contributed by atoms with Crippen LogP contribution in [0.15, 0.2) is 46.9 Å². The molecule has 0 N–H and O–H groups in total. The molecule has 4 nitrogen and oxygen atoms in total. The van der Waals surface area contributed by atoms with Gasteiger partial charge in [0.1, 0.15) is 17.2 Å². The third-order valence-corrected chi connectivity index (χ3v) is 6.92. The van der Waals surface area contributed by atoms with Crippen LogP contribution in [-0.4, -0.2) is 58.4 Å². The summed E-state index contributed by atoms with van der Waals surface area (Å²) in [6.45, 7) is 4.54.